The molecule has 0 aliphatic carbocycles. The molecule has 5 nitrogen and oxygen atoms in total. The van der Waals surface area contributed by atoms with E-state index in [-0.39, 0.29) is 17.7 Å². The number of hydrazone groups is 1. The molecule has 2 amide bonds. The molecule has 26 heavy (non-hydrogen) atoms. The van der Waals surface area contributed by atoms with Crippen LogP contribution in [0.4, 0.5) is 0 Å². The lowest BCUT2D eigenvalue weighted by molar-refractivity contribution is -0.131. The average molecular weight is 374 g/mol. The largest absolute Gasteiger partial charge is 0.304 e. The van der Waals surface area contributed by atoms with Crippen LogP contribution in [0.25, 0.3) is 0 Å². The summed E-state index contributed by atoms with van der Waals surface area (Å²) in [4.78, 5) is 23.1. The number of carbonyl (C=O) groups excluding carboxylic acids is 2. The van der Waals surface area contributed by atoms with E-state index in [2.05, 4.69) is 54.6 Å². The summed E-state index contributed by atoms with van der Waals surface area (Å²) in [5.74, 6) is -0.127. The first-order chi connectivity index (χ1) is 12.1. The third kappa shape index (κ3) is 4.75. The van der Waals surface area contributed by atoms with Crippen LogP contribution in [0.3, 0.4) is 0 Å². The lowest BCUT2D eigenvalue weighted by atomic mass is 9.91. The van der Waals surface area contributed by atoms with Crippen LogP contribution in [0.1, 0.15) is 58.1 Å². The van der Waals surface area contributed by atoms with E-state index >= 15 is 0 Å². The smallest absolute Gasteiger partial charge is 0.241 e. The van der Waals surface area contributed by atoms with Crippen LogP contribution in [0.2, 0.25) is 0 Å². The Morgan fingerprint density at radius 3 is 2.35 bits per heavy atom. The van der Waals surface area contributed by atoms with Crippen molar-refractivity contribution in [1.29, 1.82) is 0 Å². The molecule has 1 aliphatic heterocycles. The number of hydrogen-bond acceptors (Lipinski definition) is 4. The van der Waals surface area contributed by atoms with Gasteiger partial charge in [-0.3, -0.25) is 9.59 Å². The highest BCUT2D eigenvalue weighted by atomic mass is 32.2. The van der Waals surface area contributed by atoms with Crippen molar-refractivity contribution in [3.63, 3.8) is 0 Å². The summed E-state index contributed by atoms with van der Waals surface area (Å²) in [5, 5.41) is 9.07. The molecule has 0 bridgehead atoms. The van der Waals surface area contributed by atoms with Gasteiger partial charge in [0.2, 0.25) is 11.8 Å². The SMILES string of the molecule is CC(=O)NC1=NN(C(C)=O)[C@@](C=C(C)C)(C[C@H](C)c2ccc(C)cc2)S1. The van der Waals surface area contributed by atoms with Gasteiger partial charge in [-0.25, -0.2) is 5.01 Å². The average Bonchev–Trinajstić information content (AvgIpc) is 2.84. The van der Waals surface area contributed by atoms with Gasteiger partial charge in [-0.15, -0.1) is 5.10 Å². The predicted octanol–water partition coefficient (Wildman–Crippen LogP) is 4.15. The minimum absolute atomic E-state index is 0.147. The zero-order valence-corrected chi connectivity index (χ0v) is 17.1. The molecule has 6 heteroatoms. The Morgan fingerprint density at radius 1 is 1.23 bits per heavy atom. The maximum absolute atomic E-state index is 12.3. The lowest BCUT2D eigenvalue weighted by Crippen LogP contribution is -2.42. The number of amides is 2. The molecular weight excluding hydrogens is 346 g/mol. The van der Waals surface area contributed by atoms with Gasteiger partial charge in [0.15, 0.2) is 5.17 Å². The van der Waals surface area contributed by atoms with Crippen LogP contribution in [0.15, 0.2) is 41.0 Å². The topological polar surface area (TPSA) is 61.8 Å². The van der Waals surface area contributed by atoms with E-state index in [0.717, 1.165) is 5.57 Å². The van der Waals surface area contributed by atoms with Crippen LogP contribution >= 0.6 is 11.8 Å². The molecule has 140 valence electrons. The lowest BCUT2D eigenvalue weighted by Gasteiger charge is -2.34. The number of benzene rings is 1. The monoisotopic (exact) mass is 373 g/mol. The molecule has 2 atom stereocenters. The number of nitrogens with zero attached hydrogens (tertiary/aromatic N) is 2. The first-order valence-corrected chi connectivity index (χ1v) is 9.53. The van der Waals surface area contributed by atoms with Gasteiger partial charge < -0.3 is 5.32 Å². The number of rotatable bonds is 4. The Labute approximate surface area is 159 Å². The van der Waals surface area contributed by atoms with Gasteiger partial charge >= 0.3 is 0 Å². The number of allylic oxidation sites excluding steroid dienone is 1. The second-order valence-electron chi connectivity index (χ2n) is 7.10. The molecule has 1 N–H and O–H groups in total. The first-order valence-electron chi connectivity index (χ1n) is 8.71. The molecule has 0 fully saturated rings. The molecule has 0 spiro atoms. The Bertz CT molecular complexity index is 751. The summed E-state index contributed by atoms with van der Waals surface area (Å²) in [6.07, 6.45) is 2.76. The zero-order chi connectivity index (χ0) is 19.5. The first kappa shape index (κ1) is 20.2. The Balaban J connectivity index is 2.38. The fourth-order valence-corrected chi connectivity index (χ4v) is 4.66. The van der Waals surface area contributed by atoms with Crippen molar-refractivity contribution in [2.75, 3.05) is 0 Å². The third-order valence-electron chi connectivity index (χ3n) is 4.16. The molecule has 0 saturated carbocycles. The van der Waals surface area contributed by atoms with Gasteiger partial charge in [0, 0.05) is 13.8 Å². The third-order valence-corrected chi connectivity index (χ3v) is 5.35. The highest BCUT2D eigenvalue weighted by Crippen LogP contribution is 2.45. The van der Waals surface area contributed by atoms with Crippen molar-refractivity contribution in [3.8, 4) is 0 Å². The van der Waals surface area contributed by atoms with E-state index in [1.54, 1.807) is 0 Å². The van der Waals surface area contributed by atoms with Gasteiger partial charge in [0.1, 0.15) is 4.87 Å². The van der Waals surface area contributed by atoms with E-state index < -0.39 is 4.87 Å². The number of amidine groups is 1. The molecule has 1 aromatic rings. The van der Waals surface area contributed by atoms with Crippen molar-refractivity contribution in [1.82, 2.24) is 10.3 Å². The minimum Gasteiger partial charge on any atom is -0.304 e. The van der Waals surface area contributed by atoms with Crippen molar-refractivity contribution in [3.05, 3.63) is 47.0 Å². The summed E-state index contributed by atoms with van der Waals surface area (Å²) in [7, 11) is 0. The van der Waals surface area contributed by atoms with Crippen LogP contribution in [-0.2, 0) is 9.59 Å². The zero-order valence-electron chi connectivity index (χ0n) is 16.3. The van der Waals surface area contributed by atoms with E-state index in [0.29, 0.717) is 11.6 Å². The highest BCUT2D eigenvalue weighted by Gasteiger charge is 2.45. The summed E-state index contributed by atoms with van der Waals surface area (Å²) in [5.41, 5.74) is 3.53. The van der Waals surface area contributed by atoms with Gasteiger partial charge in [0.05, 0.1) is 0 Å². The molecule has 0 aromatic heterocycles. The molecular formula is C20H27N3O2S. The van der Waals surface area contributed by atoms with Crippen LogP contribution in [-0.4, -0.2) is 26.9 Å². The fourth-order valence-electron chi connectivity index (χ4n) is 3.12. The second-order valence-corrected chi connectivity index (χ2v) is 8.40. The molecule has 0 unspecified atom stereocenters. The van der Waals surface area contributed by atoms with Crippen molar-refractivity contribution in [2.24, 2.45) is 5.10 Å². The van der Waals surface area contributed by atoms with Crippen LogP contribution < -0.4 is 5.32 Å². The summed E-state index contributed by atoms with van der Waals surface area (Å²) < 4.78 is 0. The van der Waals surface area contributed by atoms with Gasteiger partial charge in [-0.05, 0) is 44.7 Å². The fraction of sp³-hybridized carbons (Fsp3) is 0.450. The van der Waals surface area contributed by atoms with E-state index in [9.17, 15) is 9.59 Å². The maximum atomic E-state index is 12.3. The molecule has 0 radical (unpaired) electrons. The standard InChI is InChI=1S/C20H27N3O2S/c1-13(2)11-20(12-15(4)18-9-7-14(3)8-10-18)23(17(6)25)22-19(26-20)21-16(5)24/h7-11,15H,12H2,1-6H3,(H,21,22,24)/t15-,20+/m0/s1. The predicted molar refractivity (Wildman–Crippen MR) is 108 cm³/mol. The molecule has 1 heterocycles. The number of hydrogen-bond donors (Lipinski definition) is 1. The van der Waals surface area contributed by atoms with E-state index in [1.165, 1.54) is 41.7 Å². The van der Waals surface area contributed by atoms with E-state index in [4.69, 9.17) is 0 Å². The van der Waals surface area contributed by atoms with Gasteiger partial charge in [0.25, 0.3) is 0 Å². The van der Waals surface area contributed by atoms with Gasteiger partial charge in [-0.1, -0.05) is 54.1 Å². The number of thioether (sulfide) groups is 1. The normalized spacial score (nSPS) is 20.4. The van der Waals surface area contributed by atoms with Crippen molar-refractivity contribution >= 4 is 28.7 Å². The van der Waals surface area contributed by atoms with E-state index in [1.807, 2.05) is 13.8 Å². The van der Waals surface area contributed by atoms with Crippen LogP contribution in [0, 0.1) is 6.92 Å². The molecule has 2 rings (SSSR count). The Morgan fingerprint density at radius 2 is 1.85 bits per heavy atom. The summed E-state index contributed by atoms with van der Waals surface area (Å²) in [6, 6.07) is 8.46. The minimum atomic E-state index is -0.646. The second kappa shape index (κ2) is 8.08. The number of carbonyl (C=O) groups is 2. The van der Waals surface area contributed by atoms with Crippen molar-refractivity contribution in [2.45, 2.75) is 58.8 Å². The Hall–Kier alpha value is -2.08. The molecule has 1 aliphatic rings. The maximum Gasteiger partial charge on any atom is 0.241 e. The number of aryl methyl sites for hydroxylation is 1. The van der Waals surface area contributed by atoms with Crippen molar-refractivity contribution < 1.29 is 9.59 Å². The quantitative estimate of drug-likeness (QED) is 0.807. The Kier molecular flexibility index (Phi) is 6.29. The molecule has 1 aromatic carbocycles. The molecule has 0 saturated heterocycles. The number of nitrogens with one attached hydrogen (secondary N) is 1. The highest BCUT2D eigenvalue weighted by molar-refractivity contribution is 8.15. The van der Waals surface area contributed by atoms with Crippen LogP contribution in [0.5, 0.6) is 0 Å². The summed E-state index contributed by atoms with van der Waals surface area (Å²) >= 11 is 1.42. The summed E-state index contributed by atoms with van der Waals surface area (Å²) in [6.45, 7) is 11.2. The van der Waals surface area contributed by atoms with Gasteiger partial charge in [-0.2, -0.15) is 0 Å².